The van der Waals surface area contributed by atoms with Gasteiger partial charge in [0.15, 0.2) is 11.6 Å². The molecular formula is C13H16F2O. The number of halogens is 2. The van der Waals surface area contributed by atoms with Crippen LogP contribution in [0, 0.1) is 23.5 Å². The van der Waals surface area contributed by atoms with Crippen LogP contribution in [0.1, 0.15) is 37.9 Å². The first-order valence-electron chi connectivity index (χ1n) is 5.71. The standard InChI is InChI=1S/C13H16F2O/c1-8-5-6-9(7-8)13(16)10-3-2-4-11(14)12(10)15/h2-4,8-9,13,16H,5-7H2,1H3. The topological polar surface area (TPSA) is 20.2 Å². The zero-order valence-electron chi connectivity index (χ0n) is 9.29. The van der Waals surface area contributed by atoms with Gasteiger partial charge in [-0.3, -0.25) is 0 Å². The van der Waals surface area contributed by atoms with Gasteiger partial charge in [-0.1, -0.05) is 25.5 Å². The van der Waals surface area contributed by atoms with Gasteiger partial charge in [0, 0.05) is 5.56 Å². The highest BCUT2D eigenvalue weighted by atomic mass is 19.2. The van der Waals surface area contributed by atoms with E-state index in [-0.39, 0.29) is 11.5 Å². The third-order valence-corrected chi connectivity index (χ3v) is 3.48. The molecule has 1 fully saturated rings. The first-order valence-corrected chi connectivity index (χ1v) is 5.71. The van der Waals surface area contributed by atoms with Crippen molar-refractivity contribution in [1.29, 1.82) is 0 Å². The summed E-state index contributed by atoms with van der Waals surface area (Å²) in [4.78, 5) is 0. The minimum Gasteiger partial charge on any atom is -0.388 e. The Kier molecular flexibility index (Phi) is 3.24. The molecule has 1 aliphatic rings. The summed E-state index contributed by atoms with van der Waals surface area (Å²) in [5.41, 5.74) is 0.0964. The van der Waals surface area contributed by atoms with Crippen molar-refractivity contribution >= 4 is 0 Å². The largest absolute Gasteiger partial charge is 0.388 e. The number of hydrogen-bond acceptors (Lipinski definition) is 1. The molecule has 3 atom stereocenters. The summed E-state index contributed by atoms with van der Waals surface area (Å²) in [7, 11) is 0. The highest BCUT2D eigenvalue weighted by Gasteiger charge is 2.30. The lowest BCUT2D eigenvalue weighted by Gasteiger charge is -2.19. The molecular weight excluding hydrogens is 210 g/mol. The quantitative estimate of drug-likeness (QED) is 0.819. The minimum atomic E-state index is -0.908. The summed E-state index contributed by atoms with van der Waals surface area (Å²) in [6.07, 6.45) is 1.95. The molecule has 0 aliphatic heterocycles. The Balaban J connectivity index is 2.20. The molecule has 0 spiro atoms. The van der Waals surface area contributed by atoms with Gasteiger partial charge in [-0.25, -0.2) is 8.78 Å². The molecule has 3 unspecified atom stereocenters. The van der Waals surface area contributed by atoms with E-state index in [2.05, 4.69) is 6.92 Å². The van der Waals surface area contributed by atoms with Crippen molar-refractivity contribution in [3.63, 3.8) is 0 Å². The number of hydrogen-bond donors (Lipinski definition) is 1. The van der Waals surface area contributed by atoms with Crippen LogP contribution in [0.25, 0.3) is 0 Å². The van der Waals surface area contributed by atoms with E-state index in [9.17, 15) is 13.9 Å². The van der Waals surface area contributed by atoms with E-state index in [1.165, 1.54) is 12.1 Å². The Morgan fingerprint density at radius 3 is 2.69 bits per heavy atom. The van der Waals surface area contributed by atoms with Crippen molar-refractivity contribution < 1.29 is 13.9 Å². The van der Waals surface area contributed by atoms with Gasteiger partial charge in [-0.2, -0.15) is 0 Å². The zero-order chi connectivity index (χ0) is 11.7. The zero-order valence-corrected chi connectivity index (χ0v) is 9.29. The molecule has 1 aromatic carbocycles. The van der Waals surface area contributed by atoms with E-state index in [1.807, 2.05) is 0 Å². The predicted octanol–water partition coefficient (Wildman–Crippen LogP) is 3.43. The van der Waals surface area contributed by atoms with Crippen LogP contribution in [0.5, 0.6) is 0 Å². The van der Waals surface area contributed by atoms with Crippen LogP contribution in [0.4, 0.5) is 8.78 Å². The van der Waals surface area contributed by atoms with Gasteiger partial charge in [0.1, 0.15) is 0 Å². The van der Waals surface area contributed by atoms with Crippen molar-refractivity contribution in [2.24, 2.45) is 11.8 Å². The molecule has 0 amide bonds. The van der Waals surface area contributed by atoms with E-state index >= 15 is 0 Å². The number of benzene rings is 1. The number of rotatable bonds is 2. The summed E-state index contributed by atoms with van der Waals surface area (Å²) in [6.45, 7) is 2.12. The fraction of sp³-hybridized carbons (Fsp3) is 0.538. The molecule has 0 aromatic heterocycles. The molecule has 0 heterocycles. The monoisotopic (exact) mass is 226 g/mol. The lowest BCUT2D eigenvalue weighted by atomic mass is 9.93. The lowest BCUT2D eigenvalue weighted by Crippen LogP contribution is -2.12. The molecule has 2 rings (SSSR count). The van der Waals surface area contributed by atoms with Gasteiger partial charge in [-0.15, -0.1) is 0 Å². The summed E-state index contributed by atoms with van der Waals surface area (Å²) in [5.74, 6) is -1.17. The summed E-state index contributed by atoms with van der Waals surface area (Å²) >= 11 is 0. The van der Waals surface area contributed by atoms with E-state index in [0.717, 1.165) is 25.3 Å². The van der Waals surface area contributed by atoms with Gasteiger partial charge >= 0.3 is 0 Å². The molecule has 1 saturated carbocycles. The van der Waals surface area contributed by atoms with E-state index in [1.54, 1.807) is 0 Å². The molecule has 1 aliphatic carbocycles. The third-order valence-electron chi connectivity index (χ3n) is 3.48. The molecule has 3 heteroatoms. The molecule has 0 saturated heterocycles. The van der Waals surface area contributed by atoms with Crippen LogP contribution >= 0.6 is 0 Å². The van der Waals surface area contributed by atoms with Crippen LogP contribution < -0.4 is 0 Å². The van der Waals surface area contributed by atoms with Crippen LogP contribution in [-0.4, -0.2) is 5.11 Å². The predicted molar refractivity (Wildman–Crippen MR) is 57.8 cm³/mol. The third kappa shape index (κ3) is 2.09. The van der Waals surface area contributed by atoms with E-state index in [4.69, 9.17) is 0 Å². The summed E-state index contributed by atoms with van der Waals surface area (Å²) in [6, 6.07) is 3.98. The molecule has 0 radical (unpaired) electrons. The Hall–Kier alpha value is -0.960. The van der Waals surface area contributed by atoms with Crippen LogP contribution in [0.3, 0.4) is 0 Å². The van der Waals surface area contributed by atoms with Crippen LogP contribution in [0.2, 0.25) is 0 Å². The fourth-order valence-corrected chi connectivity index (χ4v) is 2.54. The second-order valence-electron chi connectivity index (χ2n) is 4.77. The highest BCUT2D eigenvalue weighted by Crippen LogP contribution is 2.39. The fourth-order valence-electron chi connectivity index (χ4n) is 2.54. The van der Waals surface area contributed by atoms with Crippen molar-refractivity contribution in [3.05, 3.63) is 35.4 Å². The first kappa shape index (κ1) is 11.5. The highest BCUT2D eigenvalue weighted by molar-refractivity contribution is 5.22. The van der Waals surface area contributed by atoms with Crippen molar-refractivity contribution in [2.45, 2.75) is 32.3 Å². The molecule has 0 bridgehead atoms. The van der Waals surface area contributed by atoms with Crippen LogP contribution in [-0.2, 0) is 0 Å². The van der Waals surface area contributed by atoms with Crippen LogP contribution in [0.15, 0.2) is 18.2 Å². The summed E-state index contributed by atoms with van der Waals surface area (Å²) in [5, 5.41) is 10.0. The van der Waals surface area contributed by atoms with E-state index < -0.39 is 17.7 Å². The second-order valence-corrected chi connectivity index (χ2v) is 4.77. The molecule has 16 heavy (non-hydrogen) atoms. The van der Waals surface area contributed by atoms with Gasteiger partial charge in [0.2, 0.25) is 0 Å². The smallest absolute Gasteiger partial charge is 0.164 e. The molecule has 88 valence electrons. The maximum atomic E-state index is 13.5. The Morgan fingerprint density at radius 2 is 2.06 bits per heavy atom. The number of aliphatic hydroxyl groups is 1. The Bertz CT molecular complexity index is 378. The summed E-state index contributed by atoms with van der Waals surface area (Å²) < 4.78 is 26.5. The minimum absolute atomic E-state index is 0.0614. The van der Waals surface area contributed by atoms with Gasteiger partial charge in [0.05, 0.1) is 6.10 Å². The molecule has 1 nitrogen and oxygen atoms in total. The van der Waals surface area contributed by atoms with Crippen molar-refractivity contribution in [3.8, 4) is 0 Å². The normalized spacial score (nSPS) is 27.0. The second kappa shape index (κ2) is 4.50. The van der Waals surface area contributed by atoms with Gasteiger partial charge in [0.25, 0.3) is 0 Å². The van der Waals surface area contributed by atoms with Crippen molar-refractivity contribution in [1.82, 2.24) is 0 Å². The van der Waals surface area contributed by atoms with E-state index in [0.29, 0.717) is 5.92 Å². The Labute approximate surface area is 94.1 Å². The van der Waals surface area contributed by atoms with Gasteiger partial charge in [-0.05, 0) is 30.7 Å². The first-order chi connectivity index (χ1) is 7.59. The molecule has 1 N–H and O–H groups in total. The molecule has 1 aromatic rings. The lowest BCUT2D eigenvalue weighted by molar-refractivity contribution is 0.105. The average molecular weight is 226 g/mol. The maximum Gasteiger partial charge on any atom is 0.164 e. The number of aliphatic hydroxyl groups excluding tert-OH is 1. The average Bonchev–Trinajstić information content (AvgIpc) is 2.68. The van der Waals surface area contributed by atoms with Crippen molar-refractivity contribution in [2.75, 3.05) is 0 Å². The maximum absolute atomic E-state index is 13.5. The SMILES string of the molecule is CC1CCC(C(O)c2cccc(F)c2F)C1. The Morgan fingerprint density at radius 1 is 1.31 bits per heavy atom. The van der Waals surface area contributed by atoms with Gasteiger partial charge < -0.3 is 5.11 Å².